The Labute approximate surface area is 120 Å². The molecule has 3 rings (SSSR count). The van der Waals surface area contributed by atoms with E-state index in [9.17, 15) is 4.39 Å². The first-order valence-electron chi connectivity index (χ1n) is 6.45. The number of benzene rings is 1. The van der Waals surface area contributed by atoms with Gasteiger partial charge < -0.3 is 5.32 Å². The molecule has 3 nitrogen and oxygen atoms in total. The van der Waals surface area contributed by atoms with Crippen LogP contribution in [-0.4, -0.2) is 16.5 Å². The highest BCUT2D eigenvalue weighted by Gasteiger charge is 2.14. The Bertz CT molecular complexity index is 767. The van der Waals surface area contributed by atoms with Crippen LogP contribution in [0, 0.1) is 12.7 Å². The van der Waals surface area contributed by atoms with Gasteiger partial charge in [0.25, 0.3) is 0 Å². The van der Waals surface area contributed by atoms with Crippen LogP contribution in [0.1, 0.15) is 12.5 Å². The molecule has 1 aromatic carbocycles. The first-order chi connectivity index (χ1) is 9.70. The van der Waals surface area contributed by atoms with Crippen LogP contribution in [-0.2, 0) is 0 Å². The maximum absolute atomic E-state index is 14.2. The Hall–Kier alpha value is -2.01. The maximum Gasteiger partial charge on any atom is 0.166 e. The van der Waals surface area contributed by atoms with Crippen molar-refractivity contribution in [3.05, 3.63) is 41.0 Å². The summed E-state index contributed by atoms with van der Waals surface area (Å²) in [4.78, 5) is 9.82. The first kappa shape index (κ1) is 13.0. The van der Waals surface area contributed by atoms with E-state index in [1.165, 1.54) is 11.3 Å². The molecule has 102 valence electrons. The lowest BCUT2D eigenvalue weighted by Crippen LogP contribution is -2.02. The summed E-state index contributed by atoms with van der Waals surface area (Å²) in [5.41, 5.74) is 1.04. The van der Waals surface area contributed by atoms with E-state index in [4.69, 9.17) is 0 Å². The second-order valence-corrected chi connectivity index (χ2v) is 5.40. The van der Waals surface area contributed by atoms with Crippen molar-refractivity contribution in [1.82, 2.24) is 9.97 Å². The van der Waals surface area contributed by atoms with Crippen molar-refractivity contribution in [1.29, 1.82) is 0 Å². The van der Waals surface area contributed by atoms with Crippen molar-refractivity contribution in [3.63, 3.8) is 0 Å². The SMILES string of the molecule is CCNc1nc(-c2cccc(C)c2F)nc2sccc12. The number of hydrogen-bond donors (Lipinski definition) is 1. The highest BCUT2D eigenvalue weighted by Crippen LogP contribution is 2.29. The molecule has 0 unspecified atom stereocenters. The first-order valence-corrected chi connectivity index (χ1v) is 7.33. The number of thiophene rings is 1. The number of aryl methyl sites for hydroxylation is 1. The van der Waals surface area contributed by atoms with Gasteiger partial charge >= 0.3 is 0 Å². The fraction of sp³-hybridized carbons (Fsp3) is 0.200. The molecule has 0 aliphatic heterocycles. The van der Waals surface area contributed by atoms with Crippen molar-refractivity contribution in [2.45, 2.75) is 13.8 Å². The van der Waals surface area contributed by atoms with E-state index < -0.39 is 0 Å². The van der Waals surface area contributed by atoms with E-state index in [1.807, 2.05) is 24.4 Å². The molecular formula is C15H14FN3S. The Morgan fingerprint density at radius 2 is 2.10 bits per heavy atom. The van der Waals surface area contributed by atoms with Crippen LogP contribution in [0.25, 0.3) is 21.6 Å². The van der Waals surface area contributed by atoms with Crippen LogP contribution in [0.4, 0.5) is 10.2 Å². The molecular weight excluding hydrogens is 273 g/mol. The third kappa shape index (κ3) is 2.14. The molecule has 3 aromatic rings. The minimum atomic E-state index is -0.258. The van der Waals surface area contributed by atoms with Crippen LogP contribution in [0.3, 0.4) is 0 Å². The number of nitrogens with zero attached hydrogens (tertiary/aromatic N) is 2. The Morgan fingerprint density at radius 1 is 1.25 bits per heavy atom. The van der Waals surface area contributed by atoms with Gasteiger partial charge in [-0.3, -0.25) is 0 Å². The molecule has 0 bridgehead atoms. The number of fused-ring (bicyclic) bond motifs is 1. The molecule has 0 radical (unpaired) electrons. The molecule has 0 saturated heterocycles. The van der Waals surface area contributed by atoms with Gasteiger partial charge in [0, 0.05) is 6.54 Å². The molecule has 0 aliphatic carbocycles. The Kier molecular flexibility index (Phi) is 3.36. The van der Waals surface area contributed by atoms with Crippen LogP contribution < -0.4 is 5.32 Å². The van der Waals surface area contributed by atoms with E-state index in [0.29, 0.717) is 17.0 Å². The number of anilines is 1. The van der Waals surface area contributed by atoms with Gasteiger partial charge in [0.15, 0.2) is 5.82 Å². The van der Waals surface area contributed by atoms with E-state index in [1.54, 1.807) is 19.1 Å². The lowest BCUT2D eigenvalue weighted by Gasteiger charge is -2.08. The second kappa shape index (κ2) is 5.17. The van der Waals surface area contributed by atoms with Gasteiger partial charge in [-0.05, 0) is 36.9 Å². The summed E-state index contributed by atoms with van der Waals surface area (Å²) in [5.74, 6) is 0.928. The third-order valence-corrected chi connectivity index (χ3v) is 3.91. The number of nitrogens with one attached hydrogen (secondary N) is 1. The zero-order valence-corrected chi connectivity index (χ0v) is 12.1. The topological polar surface area (TPSA) is 37.8 Å². The summed E-state index contributed by atoms with van der Waals surface area (Å²) >= 11 is 1.53. The molecule has 2 aromatic heterocycles. The zero-order chi connectivity index (χ0) is 14.1. The van der Waals surface area contributed by atoms with Crippen molar-refractivity contribution < 1.29 is 4.39 Å². The monoisotopic (exact) mass is 287 g/mol. The molecule has 5 heteroatoms. The fourth-order valence-corrected chi connectivity index (χ4v) is 2.86. The average Bonchev–Trinajstić information content (AvgIpc) is 2.90. The largest absolute Gasteiger partial charge is 0.370 e. The molecule has 2 heterocycles. The van der Waals surface area contributed by atoms with E-state index in [-0.39, 0.29) is 5.82 Å². The van der Waals surface area contributed by atoms with Gasteiger partial charge in [-0.15, -0.1) is 11.3 Å². The summed E-state index contributed by atoms with van der Waals surface area (Å²) in [6.45, 7) is 4.51. The molecule has 0 atom stereocenters. The number of hydrogen-bond acceptors (Lipinski definition) is 4. The van der Waals surface area contributed by atoms with Crippen molar-refractivity contribution >= 4 is 27.4 Å². The van der Waals surface area contributed by atoms with Gasteiger partial charge in [0.05, 0.1) is 10.9 Å². The van der Waals surface area contributed by atoms with E-state index >= 15 is 0 Å². The molecule has 0 spiro atoms. The number of halogens is 1. The molecule has 1 N–H and O–H groups in total. The minimum absolute atomic E-state index is 0.258. The van der Waals surface area contributed by atoms with Gasteiger partial charge in [0.2, 0.25) is 0 Å². The second-order valence-electron chi connectivity index (χ2n) is 4.50. The predicted octanol–water partition coefficient (Wildman–Crippen LogP) is 4.24. The summed E-state index contributed by atoms with van der Waals surface area (Å²) in [5, 5.41) is 6.16. The average molecular weight is 287 g/mol. The van der Waals surface area contributed by atoms with Gasteiger partial charge in [-0.25, -0.2) is 14.4 Å². The quantitative estimate of drug-likeness (QED) is 0.783. The smallest absolute Gasteiger partial charge is 0.166 e. The summed E-state index contributed by atoms with van der Waals surface area (Å²) in [6, 6.07) is 7.26. The van der Waals surface area contributed by atoms with E-state index in [0.717, 1.165) is 22.6 Å². The van der Waals surface area contributed by atoms with Crippen molar-refractivity contribution in [2.75, 3.05) is 11.9 Å². The van der Waals surface area contributed by atoms with E-state index in [2.05, 4.69) is 15.3 Å². The zero-order valence-electron chi connectivity index (χ0n) is 11.3. The summed E-state index contributed by atoms with van der Waals surface area (Å²) in [6.07, 6.45) is 0. The Balaban J connectivity index is 2.23. The van der Waals surface area contributed by atoms with Gasteiger partial charge in [-0.1, -0.05) is 12.1 Å². The third-order valence-electron chi connectivity index (χ3n) is 3.10. The summed E-state index contributed by atoms with van der Waals surface area (Å²) in [7, 11) is 0. The van der Waals surface area contributed by atoms with Crippen LogP contribution in [0.15, 0.2) is 29.6 Å². The van der Waals surface area contributed by atoms with Crippen LogP contribution >= 0.6 is 11.3 Å². The highest BCUT2D eigenvalue weighted by atomic mass is 32.1. The van der Waals surface area contributed by atoms with Crippen LogP contribution in [0.5, 0.6) is 0 Å². The molecule has 0 aliphatic rings. The lowest BCUT2D eigenvalue weighted by atomic mass is 10.1. The summed E-state index contributed by atoms with van der Waals surface area (Å²) < 4.78 is 14.2. The Morgan fingerprint density at radius 3 is 2.90 bits per heavy atom. The number of rotatable bonds is 3. The molecule has 20 heavy (non-hydrogen) atoms. The van der Waals surface area contributed by atoms with Gasteiger partial charge in [0.1, 0.15) is 16.5 Å². The molecule has 0 amide bonds. The standard InChI is InChI=1S/C15H14FN3S/c1-3-17-13-11-7-8-20-15(11)19-14(18-13)10-6-4-5-9(2)12(10)16/h4-8H,3H2,1-2H3,(H,17,18,19). The van der Waals surface area contributed by atoms with Crippen molar-refractivity contribution in [3.8, 4) is 11.4 Å². The van der Waals surface area contributed by atoms with Crippen LogP contribution in [0.2, 0.25) is 0 Å². The predicted molar refractivity (Wildman–Crippen MR) is 81.7 cm³/mol. The highest BCUT2D eigenvalue weighted by molar-refractivity contribution is 7.16. The number of aromatic nitrogens is 2. The fourth-order valence-electron chi connectivity index (χ4n) is 2.10. The molecule has 0 fully saturated rings. The normalized spacial score (nSPS) is 10.9. The van der Waals surface area contributed by atoms with Crippen molar-refractivity contribution in [2.24, 2.45) is 0 Å². The minimum Gasteiger partial charge on any atom is -0.370 e. The molecule has 0 saturated carbocycles. The maximum atomic E-state index is 14.2. The lowest BCUT2D eigenvalue weighted by molar-refractivity contribution is 0.621. The van der Waals surface area contributed by atoms with Gasteiger partial charge in [-0.2, -0.15) is 0 Å².